The number of hydrogen-bond acceptors (Lipinski definition) is 3. The van der Waals surface area contributed by atoms with Crippen LogP contribution in [0.1, 0.15) is 15.3 Å². The number of nitrogens with two attached hydrogens (primary N) is 1. The molecule has 0 aliphatic rings. The predicted octanol–water partition coefficient (Wildman–Crippen LogP) is -3.96. The Morgan fingerprint density at radius 2 is 1.92 bits per heavy atom. The molecule has 66 valence electrons. The van der Waals surface area contributed by atoms with Crippen molar-refractivity contribution in [1.82, 2.24) is 5.32 Å². The van der Waals surface area contributed by atoms with Gasteiger partial charge < -0.3 is 17.6 Å². The van der Waals surface area contributed by atoms with E-state index in [4.69, 9.17) is 10.8 Å². The van der Waals surface area contributed by atoms with Crippen molar-refractivity contribution < 1.29 is 67.5 Å². The molecular formula is C6H13KN2O3. The summed E-state index contributed by atoms with van der Waals surface area (Å²) in [6, 6.07) is -1.55. The summed E-state index contributed by atoms with van der Waals surface area (Å²) >= 11 is 0. The molecule has 0 aromatic heterocycles. The van der Waals surface area contributed by atoms with Crippen molar-refractivity contribution >= 4 is 11.9 Å². The van der Waals surface area contributed by atoms with Crippen LogP contribution in [0.2, 0.25) is 0 Å². The van der Waals surface area contributed by atoms with Crippen LogP contribution in [0.25, 0.3) is 0 Å². The van der Waals surface area contributed by atoms with Crippen LogP contribution in [0.3, 0.4) is 0 Å². The van der Waals surface area contributed by atoms with Crippen LogP contribution >= 0.6 is 0 Å². The first-order valence-electron chi connectivity index (χ1n) is 3.24. The quantitative estimate of drug-likeness (QED) is 0.405. The number of carboxylic acids is 1. The number of aliphatic carboxylic acids is 1. The van der Waals surface area contributed by atoms with Gasteiger partial charge in [-0.25, -0.2) is 0 Å². The number of carboxylic acid groups (broad SMARTS) is 1. The summed E-state index contributed by atoms with van der Waals surface area (Å²) in [5.74, 6) is -1.53. The summed E-state index contributed by atoms with van der Waals surface area (Å²) in [5.41, 5.74) is 5.18. The van der Waals surface area contributed by atoms with Crippen LogP contribution in [0.15, 0.2) is 0 Å². The summed E-state index contributed by atoms with van der Waals surface area (Å²) in [4.78, 5) is 21.0. The molecule has 4 N–H and O–H groups in total. The van der Waals surface area contributed by atoms with Gasteiger partial charge in [-0.1, -0.05) is 0 Å². The van der Waals surface area contributed by atoms with Gasteiger partial charge in [0.15, 0.2) is 0 Å². The Labute approximate surface area is 115 Å². The molecule has 0 aliphatic carbocycles. The normalized spacial score (nSPS) is 13.9. The second-order valence-corrected chi connectivity index (χ2v) is 2.36. The largest absolute Gasteiger partial charge is 1.00 e. The first kappa shape index (κ1) is 15.0. The zero-order chi connectivity index (χ0) is 9.02. The third-order valence-corrected chi connectivity index (χ3v) is 1.14. The molecule has 0 heterocycles. The van der Waals surface area contributed by atoms with Gasteiger partial charge in [0.2, 0.25) is 5.91 Å². The first-order chi connectivity index (χ1) is 4.95. The second kappa shape index (κ2) is 6.99. The van der Waals surface area contributed by atoms with E-state index in [1.165, 1.54) is 13.8 Å². The molecule has 0 fully saturated rings. The van der Waals surface area contributed by atoms with E-state index >= 15 is 0 Å². The van der Waals surface area contributed by atoms with Gasteiger partial charge in [-0.15, -0.1) is 0 Å². The van der Waals surface area contributed by atoms with Crippen molar-refractivity contribution in [3.8, 4) is 0 Å². The molecule has 5 nitrogen and oxygen atoms in total. The number of hydrogen-bond donors (Lipinski definition) is 3. The Kier molecular flexibility index (Phi) is 8.75. The molecule has 2 atom stereocenters. The van der Waals surface area contributed by atoms with E-state index in [0.29, 0.717) is 0 Å². The number of amides is 1. The summed E-state index contributed by atoms with van der Waals surface area (Å²) in [6.45, 7) is 2.87. The molecule has 1 amide bonds. The van der Waals surface area contributed by atoms with Crippen molar-refractivity contribution in [2.24, 2.45) is 5.73 Å². The van der Waals surface area contributed by atoms with Crippen molar-refractivity contribution in [1.29, 1.82) is 0 Å². The Bertz CT molecular complexity index is 177. The number of rotatable bonds is 3. The molecule has 0 saturated heterocycles. The molecule has 12 heavy (non-hydrogen) atoms. The van der Waals surface area contributed by atoms with E-state index in [1.54, 1.807) is 0 Å². The van der Waals surface area contributed by atoms with Crippen LogP contribution in [0, 0.1) is 0 Å². The standard InChI is InChI=1S/C6H12N2O3.K.H/c1-3(7)5(9)8-4(2)6(10)11;;/h3-4H,7H2,1-2H3,(H,8,9)(H,10,11);;/q;+1;-1/t3?,4-;;/m0../s1. The van der Waals surface area contributed by atoms with Gasteiger partial charge in [-0.2, -0.15) is 0 Å². The van der Waals surface area contributed by atoms with E-state index in [0.717, 1.165) is 0 Å². The van der Waals surface area contributed by atoms with Crippen molar-refractivity contribution in [2.45, 2.75) is 25.9 Å². The predicted molar refractivity (Wildman–Crippen MR) is 40.0 cm³/mol. The van der Waals surface area contributed by atoms with Crippen molar-refractivity contribution in [2.75, 3.05) is 0 Å². The van der Waals surface area contributed by atoms with Gasteiger partial charge in [0.05, 0.1) is 6.04 Å². The minimum atomic E-state index is -1.07. The maximum atomic E-state index is 10.8. The summed E-state index contributed by atoms with van der Waals surface area (Å²) in [5, 5.41) is 10.6. The van der Waals surface area contributed by atoms with Crippen LogP contribution in [-0.2, 0) is 9.59 Å². The fourth-order valence-electron chi connectivity index (χ4n) is 0.407. The molecule has 0 rings (SSSR count). The van der Waals surface area contributed by atoms with Gasteiger partial charge in [-0.3, -0.25) is 9.59 Å². The Morgan fingerprint density at radius 1 is 1.50 bits per heavy atom. The van der Waals surface area contributed by atoms with Crippen LogP contribution in [-0.4, -0.2) is 29.1 Å². The van der Waals surface area contributed by atoms with Crippen LogP contribution < -0.4 is 62.4 Å². The molecule has 6 heteroatoms. The third kappa shape index (κ3) is 6.10. The zero-order valence-electron chi connectivity index (χ0n) is 8.50. The van der Waals surface area contributed by atoms with E-state index in [1.807, 2.05) is 0 Å². The van der Waals surface area contributed by atoms with Crippen LogP contribution in [0.4, 0.5) is 0 Å². The SMILES string of the molecule is CC(N)C(=O)N[C@@H](C)C(=O)O.[H-].[K+]. The van der Waals surface area contributed by atoms with Crippen molar-refractivity contribution in [3.63, 3.8) is 0 Å². The van der Waals surface area contributed by atoms with E-state index in [9.17, 15) is 9.59 Å². The topological polar surface area (TPSA) is 92.4 Å². The third-order valence-electron chi connectivity index (χ3n) is 1.14. The molecule has 0 aromatic rings. The minimum absolute atomic E-state index is 0. The molecule has 0 saturated carbocycles. The van der Waals surface area contributed by atoms with Gasteiger partial charge in [0.25, 0.3) is 0 Å². The van der Waals surface area contributed by atoms with Crippen LogP contribution in [0.5, 0.6) is 0 Å². The van der Waals surface area contributed by atoms with E-state index in [-0.39, 0.29) is 52.8 Å². The molecular weight excluding hydrogens is 187 g/mol. The van der Waals surface area contributed by atoms with Gasteiger partial charge in [0, 0.05) is 0 Å². The molecule has 1 unspecified atom stereocenters. The zero-order valence-corrected chi connectivity index (χ0v) is 10.6. The summed E-state index contributed by atoms with van der Waals surface area (Å²) < 4.78 is 0. The fraction of sp³-hybridized carbons (Fsp3) is 0.667. The Morgan fingerprint density at radius 3 is 2.17 bits per heavy atom. The van der Waals surface area contributed by atoms with Gasteiger partial charge >= 0.3 is 57.4 Å². The van der Waals surface area contributed by atoms with E-state index < -0.39 is 24.0 Å². The number of carbonyl (C=O) groups excluding carboxylic acids is 1. The molecule has 0 aromatic carbocycles. The first-order valence-corrected chi connectivity index (χ1v) is 3.24. The average Bonchev–Trinajstić information content (AvgIpc) is 1.87. The van der Waals surface area contributed by atoms with Crippen molar-refractivity contribution in [3.05, 3.63) is 0 Å². The number of nitrogens with one attached hydrogen (secondary N) is 1. The summed E-state index contributed by atoms with van der Waals surface area (Å²) in [7, 11) is 0. The second-order valence-electron chi connectivity index (χ2n) is 2.36. The monoisotopic (exact) mass is 200 g/mol. The average molecular weight is 200 g/mol. The maximum absolute atomic E-state index is 10.8. The maximum Gasteiger partial charge on any atom is 1.00 e. The molecule has 0 radical (unpaired) electrons. The van der Waals surface area contributed by atoms with Gasteiger partial charge in [0.1, 0.15) is 6.04 Å². The smallest absolute Gasteiger partial charge is 1.00 e. The fourth-order valence-corrected chi connectivity index (χ4v) is 0.407. The number of carbonyl (C=O) groups is 2. The minimum Gasteiger partial charge on any atom is -1.00 e. The summed E-state index contributed by atoms with van der Waals surface area (Å²) in [6.07, 6.45) is 0. The van der Waals surface area contributed by atoms with E-state index in [2.05, 4.69) is 5.32 Å². The molecule has 0 aliphatic heterocycles. The molecule has 0 bridgehead atoms. The Hall–Kier alpha value is 0.536. The molecule has 0 spiro atoms. The Balaban J connectivity index is -0.000000500. The van der Waals surface area contributed by atoms with Gasteiger partial charge in [-0.05, 0) is 13.8 Å².